The normalized spacial score (nSPS) is 22.0. The quantitative estimate of drug-likeness (QED) is 0.775. The number of esters is 1. The molecule has 1 aliphatic rings. The van der Waals surface area contributed by atoms with E-state index in [1.54, 1.807) is 13.0 Å². The Labute approximate surface area is 133 Å². The fourth-order valence-corrected chi connectivity index (χ4v) is 5.41. The summed E-state index contributed by atoms with van der Waals surface area (Å²) in [5.41, 5.74) is 0.243. The molecule has 22 heavy (non-hydrogen) atoms. The van der Waals surface area contributed by atoms with Crippen molar-refractivity contribution in [2.45, 2.75) is 19.5 Å². The van der Waals surface area contributed by atoms with Gasteiger partial charge in [0.1, 0.15) is 11.9 Å². The molecule has 1 aliphatic heterocycles. The van der Waals surface area contributed by atoms with E-state index in [0.717, 1.165) is 4.31 Å². The first-order valence-electron chi connectivity index (χ1n) is 6.93. The second kappa shape index (κ2) is 7.43. The van der Waals surface area contributed by atoms with Crippen molar-refractivity contribution in [3.8, 4) is 0 Å². The molecule has 1 aromatic carbocycles. The van der Waals surface area contributed by atoms with Gasteiger partial charge in [-0.1, -0.05) is 18.2 Å². The van der Waals surface area contributed by atoms with Crippen LogP contribution in [0.1, 0.15) is 12.5 Å². The van der Waals surface area contributed by atoms with Crippen LogP contribution >= 0.6 is 11.8 Å². The van der Waals surface area contributed by atoms with E-state index < -0.39 is 27.9 Å². The molecule has 0 radical (unpaired) electrons. The Morgan fingerprint density at radius 2 is 2.18 bits per heavy atom. The van der Waals surface area contributed by atoms with Crippen LogP contribution in [0.25, 0.3) is 0 Å². The number of benzene rings is 1. The molecule has 1 heterocycles. The average Bonchev–Trinajstić information content (AvgIpc) is 2.61. The first-order chi connectivity index (χ1) is 10.5. The van der Waals surface area contributed by atoms with Gasteiger partial charge in [0.15, 0.2) is 0 Å². The summed E-state index contributed by atoms with van der Waals surface area (Å²) in [7, 11) is -3.64. The monoisotopic (exact) mass is 347 g/mol. The summed E-state index contributed by atoms with van der Waals surface area (Å²) in [6.45, 7) is 1.67. The Morgan fingerprint density at radius 1 is 1.45 bits per heavy atom. The number of hydrogen-bond acceptors (Lipinski definition) is 5. The smallest absolute Gasteiger partial charge is 0.325 e. The van der Waals surface area contributed by atoms with Crippen LogP contribution in [0.2, 0.25) is 0 Å². The van der Waals surface area contributed by atoms with Crippen LogP contribution in [-0.4, -0.2) is 48.6 Å². The Kier molecular flexibility index (Phi) is 5.82. The molecule has 0 saturated carbocycles. The molecule has 1 atom stereocenters. The van der Waals surface area contributed by atoms with E-state index in [-0.39, 0.29) is 24.5 Å². The first-order valence-corrected chi connectivity index (χ1v) is 9.69. The second-order valence-electron chi connectivity index (χ2n) is 4.80. The van der Waals surface area contributed by atoms with E-state index in [0.29, 0.717) is 11.5 Å². The topological polar surface area (TPSA) is 63.7 Å². The van der Waals surface area contributed by atoms with Crippen molar-refractivity contribution in [1.29, 1.82) is 0 Å². The molecule has 1 saturated heterocycles. The summed E-state index contributed by atoms with van der Waals surface area (Å²) in [6, 6.07) is 5.04. The van der Waals surface area contributed by atoms with E-state index in [1.807, 2.05) is 0 Å². The molecule has 2 rings (SSSR count). The minimum atomic E-state index is -3.64. The molecule has 0 amide bonds. The highest BCUT2D eigenvalue weighted by atomic mass is 32.2. The van der Waals surface area contributed by atoms with Gasteiger partial charge in [-0.25, -0.2) is 12.8 Å². The van der Waals surface area contributed by atoms with E-state index in [1.165, 1.54) is 30.0 Å². The molecule has 0 spiro atoms. The standard InChI is InChI=1S/C14H18FNO4S2/c1-2-20-14(17)13-10-21-7-8-22(18,19)16(13)9-11-5-3-4-6-12(11)15/h3-6,13H,2,7-10H2,1H3. The van der Waals surface area contributed by atoms with Crippen LogP contribution < -0.4 is 0 Å². The summed E-state index contributed by atoms with van der Waals surface area (Å²) in [4.78, 5) is 12.1. The zero-order valence-electron chi connectivity index (χ0n) is 12.2. The lowest BCUT2D eigenvalue weighted by Gasteiger charge is -2.27. The van der Waals surface area contributed by atoms with Crippen LogP contribution in [-0.2, 0) is 26.1 Å². The lowest BCUT2D eigenvalue weighted by atomic mass is 10.2. The number of hydrogen-bond donors (Lipinski definition) is 0. The fourth-order valence-electron chi connectivity index (χ4n) is 2.18. The predicted molar refractivity (Wildman–Crippen MR) is 83.5 cm³/mol. The van der Waals surface area contributed by atoms with Crippen molar-refractivity contribution in [3.05, 3.63) is 35.6 Å². The van der Waals surface area contributed by atoms with Crippen molar-refractivity contribution in [2.75, 3.05) is 23.9 Å². The first kappa shape index (κ1) is 17.2. The molecule has 0 aliphatic carbocycles. The van der Waals surface area contributed by atoms with E-state index in [4.69, 9.17) is 4.74 Å². The highest BCUT2D eigenvalue weighted by molar-refractivity contribution is 8.00. The summed E-state index contributed by atoms with van der Waals surface area (Å²) >= 11 is 1.38. The largest absolute Gasteiger partial charge is 0.465 e. The van der Waals surface area contributed by atoms with E-state index >= 15 is 0 Å². The molecule has 8 heteroatoms. The van der Waals surface area contributed by atoms with Gasteiger partial charge in [-0.05, 0) is 13.0 Å². The highest BCUT2D eigenvalue weighted by Crippen LogP contribution is 2.24. The number of thioether (sulfide) groups is 1. The number of halogens is 1. The van der Waals surface area contributed by atoms with Gasteiger partial charge < -0.3 is 4.74 Å². The average molecular weight is 347 g/mol. The molecular weight excluding hydrogens is 329 g/mol. The fraction of sp³-hybridized carbons (Fsp3) is 0.500. The van der Waals surface area contributed by atoms with Crippen molar-refractivity contribution in [1.82, 2.24) is 4.31 Å². The number of nitrogens with zero attached hydrogens (tertiary/aromatic N) is 1. The summed E-state index contributed by atoms with van der Waals surface area (Å²) in [5, 5.41) is 0. The van der Waals surface area contributed by atoms with Crippen molar-refractivity contribution < 1.29 is 22.3 Å². The number of ether oxygens (including phenoxy) is 1. The third-order valence-corrected chi connectivity index (χ3v) is 6.43. The molecule has 1 fully saturated rings. The lowest BCUT2D eigenvalue weighted by Crippen LogP contribution is -2.46. The number of carbonyl (C=O) groups excluding carboxylic acids is 1. The van der Waals surface area contributed by atoms with Crippen LogP contribution in [0.5, 0.6) is 0 Å². The molecule has 122 valence electrons. The third-order valence-electron chi connectivity index (χ3n) is 3.31. The molecule has 1 aromatic rings. The third kappa shape index (κ3) is 3.99. The van der Waals surface area contributed by atoms with Gasteiger partial charge in [0.05, 0.1) is 12.4 Å². The second-order valence-corrected chi connectivity index (χ2v) is 7.99. The van der Waals surface area contributed by atoms with Crippen molar-refractivity contribution in [3.63, 3.8) is 0 Å². The molecule has 1 unspecified atom stereocenters. The molecule has 0 bridgehead atoms. The molecule has 0 N–H and O–H groups in total. The Bertz CT molecular complexity index is 635. The van der Waals surface area contributed by atoms with Gasteiger partial charge in [0.2, 0.25) is 10.0 Å². The van der Waals surface area contributed by atoms with E-state index in [2.05, 4.69) is 0 Å². The van der Waals surface area contributed by atoms with Crippen LogP contribution in [0.15, 0.2) is 24.3 Å². The molecular formula is C14H18FNO4S2. The number of sulfonamides is 1. The van der Waals surface area contributed by atoms with Gasteiger partial charge in [-0.3, -0.25) is 4.79 Å². The minimum absolute atomic E-state index is 0.0674. The van der Waals surface area contributed by atoms with Crippen molar-refractivity contribution in [2.24, 2.45) is 0 Å². The summed E-state index contributed by atoms with van der Waals surface area (Å²) in [6.07, 6.45) is 0. The van der Waals surface area contributed by atoms with Crippen LogP contribution in [0, 0.1) is 5.82 Å². The van der Waals surface area contributed by atoms with E-state index in [9.17, 15) is 17.6 Å². The van der Waals surface area contributed by atoms with Gasteiger partial charge >= 0.3 is 5.97 Å². The molecule has 5 nitrogen and oxygen atoms in total. The Balaban J connectivity index is 2.34. The Morgan fingerprint density at radius 3 is 2.86 bits per heavy atom. The maximum atomic E-state index is 13.8. The van der Waals surface area contributed by atoms with Crippen LogP contribution in [0.3, 0.4) is 0 Å². The zero-order valence-corrected chi connectivity index (χ0v) is 13.8. The maximum Gasteiger partial charge on any atom is 0.325 e. The van der Waals surface area contributed by atoms with Gasteiger partial charge in [-0.15, -0.1) is 0 Å². The van der Waals surface area contributed by atoms with Gasteiger partial charge in [0.25, 0.3) is 0 Å². The predicted octanol–water partition coefficient (Wildman–Crippen LogP) is 1.64. The lowest BCUT2D eigenvalue weighted by molar-refractivity contribution is -0.147. The number of carbonyl (C=O) groups is 1. The number of rotatable bonds is 4. The zero-order chi connectivity index (χ0) is 16.2. The minimum Gasteiger partial charge on any atom is -0.465 e. The van der Waals surface area contributed by atoms with Crippen LogP contribution in [0.4, 0.5) is 4.39 Å². The Hall–Kier alpha value is -1.12. The maximum absolute atomic E-state index is 13.8. The van der Waals surface area contributed by atoms with Gasteiger partial charge in [0, 0.05) is 23.6 Å². The summed E-state index contributed by atoms with van der Waals surface area (Å²) in [5.74, 6) is -0.422. The SMILES string of the molecule is CCOC(=O)C1CSCCS(=O)(=O)N1Cc1ccccc1F. The van der Waals surface area contributed by atoms with Crippen molar-refractivity contribution >= 4 is 27.8 Å². The highest BCUT2D eigenvalue weighted by Gasteiger charge is 2.38. The molecule has 0 aromatic heterocycles. The summed E-state index contributed by atoms with van der Waals surface area (Å²) < 4.78 is 44.7. The van der Waals surface area contributed by atoms with Gasteiger partial charge in [-0.2, -0.15) is 16.1 Å².